The van der Waals surface area contributed by atoms with Crippen LogP contribution in [0.2, 0.25) is 5.02 Å². The van der Waals surface area contributed by atoms with Gasteiger partial charge >= 0.3 is 0 Å². The summed E-state index contributed by atoms with van der Waals surface area (Å²) < 4.78 is 1.65. The van der Waals surface area contributed by atoms with E-state index in [9.17, 15) is 4.79 Å². The van der Waals surface area contributed by atoms with E-state index in [-0.39, 0.29) is 12.5 Å². The number of anilines is 1. The van der Waals surface area contributed by atoms with E-state index in [0.29, 0.717) is 16.4 Å². The molecule has 1 amide bonds. The maximum Gasteiger partial charge on any atom is 0.246 e. The van der Waals surface area contributed by atoms with Crippen LogP contribution in [0.3, 0.4) is 0 Å². The molecule has 1 N–H and O–H groups in total. The molecule has 4 rings (SSSR count). The summed E-state index contributed by atoms with van der Waals surface area (Å²) in [6.45, 7) is 3.93. The van der Waals surface area contributed by atoms with Gasteiger partial charge in [0.1, 0.15) is 6.54 Å². The quantitative estimate of drug-likeness (QED) is 0.533. The topological polar surface area (TPSA) is 59.8 Å². The Morgan fingerprint density at radius 3 is 2.68 bits per heavy atom. The maximum atomic E-state index is 12.6. The van der Waals surface area contributed by atoms with Crippen molar-refractivity contribution >= 4 is 34.2 Å². The summed E-state index contributed by atoms with van der Waals surface area (Å²) in [6.07, 6.45) is 1.75. The minimum absolute atomic E-state index is 0.0710. The number of aromatic nitrogens is 3. The molecule has 0 unspecified atom stereocenters. The summed E-state index contributed by atoms with van der Waals surface area (Å²) in [7, 11) is 0. The van der Waals surface area contributed by atoms with Crippen molar-refractivity contribution in [1.29, 1.82) is 0 Å². The van der Waals surface area contributed by atoms with Gasteiger partial charge in [-0.25, -0.2) is 9.67 Å². The molecule has 5 nitrogen and oxygen atoms in total. The van der Waals surface area contributed by atoms with Crippen LogP contribution in [0.15, 0.2) is 60.8 Å². The Labute approximate surface area is 168 Å². The predicted octanol–water partition coefficient (Wildman–Crippen LogP) is 5.01. The van der Waals surface area contributed by atoms with Crippen molar-refractivity contribution in [1.82, 2.24) is 14.8 Å². The number of aryl methyl sites for hydroxylation is 2. The van der Waals surface area contributed by atoms with Crippen LogP contribution >= 0.6 is 11.6 Å². The number of carbonyl (C=O) groups is 1. The summed E-state index contributed by atoms with van der Waals surface area (Å²) in [5.74, 6) is -0.179. The largest absolute Gasteiger partial charge is 0.324 e. The van der Waals surface area contributed by atoms with E-state index in [1.807, 2.05) is 44.2 Å². The number of halogens is 1. The molecule has 0 bridgehead atoms. The molecule has 4 aromatic rings. The summed E-state index contributed by atoms with van der Waals surface area (Å²) in [5.41, 5.74) is 5.33. The van der Waals surface area contributed by atoms with Gasteiger partial charge in [-0.2, -0.15) is 5.10 Å². The molecule has 2 heterocycles. The third kappa shape index (κ3) is 3.49. The van der Waals surface area contributed by atoms with Crippen molar-refractivity contribution in [3.8, 4) is 11.1 Å². The van der Waals surface area contributed by atoms with Crippen LogP contribution in [0.5, 0.6) is 0 Å². The van der Waals surface area contributed by atoms with E-state index in [1.54, 1.807) is 23.0 Å². The van der Waals surface area contributed by atoms with Crippen LogP contribution in [-0.2, 0) is 11.3 Å². The average molecular weight is 391 g/mol. The normalized spacial score (nSPS) is 11.0. The zero-order valence-electron chi connectivity index (χ0n) is 15.6. The standard InChI is InChI=1S/C22H19ClN4O/c1-14-8-9-17(23)12-19(14)25-20(28)13-27-22-21(15(2)26-27)18(10-11-24-22)16-6-4-3-5-7-16/h3-12H,13H2,1-2H3,(H,25,28). The van der Waals surface area contributed by atoms with Crippen LogP contribution in [0.4, 0.5) is 5.69 Å². The second-order valence-corrected chi connectivity index (χ2v) is 7.11. The van der Waals surface area contributed by atoms with Gasteiger partial charge in [0.05, 0.1) is 5.69 Å². The highest BCUT2D eigenvalue weighted by molar-refractivity contribution is 6.31. The Bertz CT molecular complexity index is 1170. The van der Waals surface area contributed by atoms with Gasteiger partial charge in [0.15, 0.2) is 5.65 Å². The Hall–Kier alpha value is -3.18. The highest BCUT2D eigenvalue weighted by atomic mass is 35.5. The van der Waals surface area contributed by atoms with Crippen molar-refractivity contribution < 1.29 is 4.79 Å². The average Bonchev–Trinajstić information content (AvgIpc) is 3.01. The molecule has 28 heavy (non-hydrogen) atoms. The number of hydrogen-bond acceptors (Lipinski definition) is 3. The fourth-order valence-corrected chi connectivity index (χ4v) is 3.48. The summed E-state index contributed by atoms with van der Waals surface area (Å²) in [5, 5.41) is 9.01. The van der Waals surface area contributed by atoms with Crippen molar-refractivity contribution in [2.45, 2.75) is 20.4 Å². The number of carbonyl (C=O) groups excluding carboxylic acids is 1. The lowest BCUT2D eigenvalue weighted by atomic mass is 10.0. The monoisotopic (exact) mass is 390 g/mol. The van der Waals surface area contributed by atoms with Gasteiger partial charge < -0.3 is 5.32 Å². The Morgan fingerprint density at radius 2 is 1.89 bits per heavy atom. The minimum Gasteiger partial charge on any atom is -0.324 e. The maximum absolute atomic E-state index is 12.6. The minimum atomic E-state index is -0.179. The van der Waals surface area contributed by atoms with Crippen LogP contribution in [-0.4, -0.2) is 20.7 Å². The highest BCUT2D eigenvalue weighted by Gasteiger charge is 2.16. The smallest absolute Gasteiger partial charge is 0.246 e. The van der Waals surface area contributed by atoms with Crippen LogP contribution in [0.25, 0.3) is 22.2 Å². The SMILES string of the molecule is Cc1ccc(Cl)cc1NC(=O)Cn1nc(C)c2c(-c3ccccc3)ccnc21. The summed E-state index contributed by atoms with van der Waals surface area (Å²) in [4.78, 5) is 17.1. The second kappa shape index (κ2) is 7.44. The predicted molar refractivity (Wildman–Crippen MR) is 113 cm³/mol. The van der Waals surface area contributed by atoms with E-state index in [2.05, 4.69) is 27.5 Å². The molecule has 2 aromatic carbocycles. The first-order valence-corrected chi connectivity index (χ1v) is 9.34. The number of nitrogens with zero attached hydrogens (tertiary/aromatic N) is 3. The molecular weight excluding hydrogens is 372 g/mol. The van der Waals surface area contributed by atoms with Crippen LogP contribution in [0, 0.1) is 13.8 Å². The van der Waals surface area contributed by atoms with E-state index >= 15 is 0 Å². The molecule has 0 saturated heterocycles. The van der Waals surface area contributed by atoms with Crippen molar-refractivity contribution in [2.24, 2.45) is 0 Å². The first-order valence-electron chi connectivity index (χ1n) is 8.96. The molecule has 6 heteroatoms. The second-order valence-electron chi connectivity index (χ2n) is 6.67. The lowest BCUT2D eigenvalue weighted by molar-refractivity contribution is -0.116. The molecule has 0 radical (unpaired) electrons. The fourth-order valence-electron chi connectivity index (χ4n) is 3.30. The number of pyridine rings is 1. The van der Waals surface area contributed by atoms with Gasteiger partial charge in [0.25, 0.3) is 0 Å². The molecule has 2 aromatic heterocycles. The Kier molecular flexibility index (Phi) is 4.84. The highest BCUT2D eigenvalue weighted by Crippen LogP contribution is 2.29. The van der Waals surface area contributed by atoms with Crippen LogP contribution in [0.1, 0.15) is 11.3 Å². The number of hydrogen-bond donors (Lipinski definition) is 1. The van der Waals surface area contributed by atoms with E-state index in [1.165, 1.54) is 0 Å². The third-order valence-electron chi connectivity index (χ3n) is 4.66. The van der Waals surface area contributed by atoms with Gasteiger partial charge in [-0.3, -0.25) is 4.79 Å². The zero-order valence-corrected chi connectivity index (χ0v) is 16.4. The van der Waals surface area contributed by atoms with E-state index in [0.717, 1.165) is 27.8 Å². The summed E-state index contributed by atoms with van der Waals surface area (Å²) >= 11 is 6.04. The third-order valence-corrected chi connectivity index (χ3v) is 4.89. The van der Waals surface area contributed by atoms with Crippen LogP contribution < -0.4 is 5.32 Å². The van der Waals surface area contributed by atoms with Gasteiger partial charge in [-0.05, 0) is 48.7 Å². The molecule has 140 valence electrons. The molecule has 0 atom stereocenters. The molecule has 0 aliphatic heterocycles. The van der Waals surface area contributed by atoms with Crippen molar-refractivity contribution in [3.05, 3.63) is 77.1 Å². The fraction of sp³-hybridized carbons (Fsp3) is 0.136. The molecular formula is C22H19ClN4O. The number of nitrogens with one attached hydrogen (secondary N) is 1. The van der Waals surface area contributed by atoms with Crippen molar-refractivity contribution in [3.63, 3.8) is 0 Å². The molecule has 0 fully saturated rings. The van der Waals surface area contributed by atoms with Gasteiger partial charge in [0, 0.05) is 22.3 Å². The first-order chi connectivity index (χ1) is 13.5. The van der Waals surface area contributed by atoms with Gasteiger partial charge in [-0.15, -0.1) is 0 Å². The zero-order chi connectivity index (χ0) is 19.7. The van der Waals surface area contributed by atoms with E-state index < -0.39 is 0 Å². The first kappa shape index (κ1) is 18.2. The molecule has 0 spiro atoms. The Balaban J connectivity index is 1.67. The van der Waals surface area contributed by atoms with Gasteiger partial charge in [0.2, 0.25) is 5.91 Å². The molecule has 0 saturated carbocycles. The molecule has 0 aliphatic rings. The lowest BCUT2D eigenvalue weighted by Gasteiger charge is -2.09. The van der Waals surface area contributed by atoms with E-state index in [4.69, 9.17) is 11.6 Å². The van der Waals surface area contributed by atoms with Crippen molar-refractivity contribution in [2.75, 3.05) is 5.32 Å². The number of amides is 1. The number of rotatable bonds is 4. The Morgan fingerprint density at radius 1 is 1.11 bits per heavy atom. The van der Waals surface area contributed by atoms with Gasteiger partial charge in [-0.1, -0.05) is 48.0 Å². The lowest BCUT2D eigenvalue weighted by Crippen LogP contribution is -2.20. The summed E-state index contributed by atoms with van der Waals surface area (Å²) in [6, 6.07) is 17.5. The molecule has 0 aliphatic carbocycles. The number of fused-ring (bicyclic) bond motifs is 1. The number of benzene rings is 2.